The van der Waals surface area contributed by atoms with E-state index in [0.717, 1.165) is 32.0 Å². The van der Waals surface area contributed by atoms with Crippen molar-refractivity contribution in [1.82, 2.24) is 0 Å². The van der Waals surface area contributed by atoms with Gasteiger partial charge in [0.2, 0.25) is 5.78 Å². The first-order valence-corrected chi connectivity index (χ1v) is 8.68. The summed E-state index contributed by atoms with van der Waals surface area (Å²) in [6.07, 6.45) is 1.99. The van der Waals surface area contributed by atoms with Crippen molar-refractivity contribution >= 4 is 40.1 Å². The minimum atomic E-state index is 0.123. The van der Waals surface area contributed by atoms with Crippen LogP contribution in [0.5, 0.6) is 0 Å². The number of allylic oxidation sites excluding steroid dienone is 1. The van der Waals surface area contributed by atoms with Crippen LogP contribution in [0.1, 0.15) is 15.9 Å². The molecule has 0 saturated carbocycles. The highest BCUT2D eigenvalue weighted by Gasteiger charge is 2.27. The van der Waals surface area contributed by atoms with Crippen LogP contribution in [0.3, 0.4) is 0 Å². The number of fused-ring (bicyclic) bond motifs is 3. The molecule has 0 atom stereocenters. The topological polar surface area (TPSA) is 20.3 Å². The van der Waals surface area contributed by atoms with Crippen molar-refractivity contribution < 1.29 is 4.79 Å². The smallest absolute Gasteiger partial charge is 0.200 e. The number of hydrogen-bond donors (Lipinski definition) is 0. The number of benzene rings is 3. The molecule has 0 bridgehead atoms. The zero-order chi connectivity index (χ0) is 16.7. The molecular weight excluding hydrogens is 314 g/mol. The second-order valence-electron chi connectivity index (χ2n) is 6.09. The number of carbonyl (C=O) groups is 1. The first-order chi connectivity index (χ1) is 11.6. The molecule has 0 spiro atoms. The monoisotopic (exact) mass is 331 g/mol. The first kappa shape index (κ1) is 15.0. The molecular formula is C21H17NOS. The Labute approximate surface area is 145 Å². The van der Waals surface area contributed by atoms with Gasteiger partial charge in [-0.3, -0.25) is 4.79 Å². The third-order valence-corrected chi connectivity index (χ3v) is 5.43. The molecule has 0 unspecified atom stereocenters. The van der Waals surface area contributed by atoms with Crippen molar-refractivity contribution in [3.8, 4) is 0 Å². The van der Waals surface area contributed by atoms with E-state index in [0.29, 0.717) is 0 Å². The van der Waals surface area contributed by atoms with E-state index in [1.165, 1.54) is 5.39 Å². The van der Waals surface area contributed by atoms with E-state index in [4.69, 9.17) is 0 Å². The van der Waals surface area contributed by atoms with Gasteiger partial charge >= 0.3 is 0 Å². The van der Waals surface area contributed by atoms with Crippen molar-refractivity contribution in [3.05, 3.63) is 76.7 Å². The molecule has 0 fully saturated rings. The number of thioether (sulfide) groups is 1. The molecule has 0 aromatic heterocycles. The zero-order valence-electron chi connectivity index (χ0n) is 13.6. The van der Waals surface area contributed by atoms with E-state index >= 15 is 0 Å². The lowest BCUT2D eigenvalue weighted by Gasteiger charge is -2.11. The molecule has 1 heterocycles. The van der Waals surface area contributed by atoms with Crippen molar-refractivity contribution in [2.75, 3.05) is 19.0 Å². The van der Waals surface area contributed by atoms with Crippen LogP contribution in [0.2, 0.25) is 0 Å². The molecule has 0 N–H and O–H groups in total. The fourth-order valence-electron chi connectivity index (χ4n) is 2.94. The van der Waals surface area contributed by atoms with E-state index in [9.17, 15) is 4.79 Å². The lowest BCUT2D eigenvalue weighted by atomic mass is 10.0. The molecule has 1 aliphatic heterocycles. The van der Waals surface area contributed by atoms with Crippen LogP contribution >= 0.6 is 11.8 Å². The maximum atomic E-state index is 12.7. The van der Waals surface area contributed by atoms with E-state index < -0.39 is 0 Å². The summed E-state index contributed by atoms with van der Waals surface area (Å²) in [6.45, 7) is 0. The molecule has 118 valence electrons. The van der Waals surface area contributed by atoms with Crippen LogP contribution in [-0.4, -0.2) is 19.9 Å². The Morgan fingerprint density at radius 2 is 1.67 bits per heavy atom. The van der Waals surface area contributed by atoms with E-state index in [1.807, 2.05) is 44.4 Å². The Balaban J connectivity index is 1.73. The molecule has 2 nitrogen and oxygen atoms in total. The highest BCUT2D eigenvalue weighted by molar-refractivity contribution is 8.05. The number of Topliss-reactive ketones (excluding diaryl/α,β-unsaturated/α-hetero) is 1. The van der Waals surface area contributed by atoms with Crippen LogP contribution in [0.4, 0.5) is 5.69 Å². The summed E-state index contributed by atoms with van der Waals surface area (Å²) in [4.78, 5) is 16.7. The van der Waals surface area contributed by atoms with Gasteiger partial charge in [0.25, 0.3) is 0 Å². The van der Waals surface area contributed by atoms with Crippen molar-refractivity contribution in [3.63, 3.8) is 0 Å². The van der Waals surface area contributed by atoms with Gasteiger partial charge in [-0.1, -0.05) is 54.2 Å². The summed E-state index contributed by atoms with van der Waals surface area (Å²) in [5.74, 6) is 0.123. The van der Waals surface area contributed by atoms with E-state index in [-0.39, 0.29) is 5.78 Å². The number of hydrogen-bond acceptors (Lipinski definition) is 3. The minimum absolute atomic E-state index is 0.123. The van der Waals surface area contributed by atoms with Gasteiger partial charge in [0.1, 0.15) is 0 Å². The number of rotatable bonds is 2. The van der Waals surface area contributed by atoms with Crippen LogP contribution < -0.4 is 4.90 Å². The van der Waals surface area contributed by atoms with Gasteiger partial charge in [0.15, 0.2) is 0 Å². The van der Waals surface area contributed by atoms with Crippen LogP contribution in [0.25, 0.3) is 16.8 Å². The number of nitrogens with zero attached hydrogens (tertiary/aromatic N) is 1. The maximum Gasteiger partial charge on any atom is 0.200 e. The largest absolute Gasteiger partial charge is 0.378 e. The molecule has 3 aromatic carbocycles. The Hall–Kier alpha value is -2.52. The van der Waals surface area contributed by atoms with Crippen LogP contribution in [0, 0.1) is 0 Å². The van der Waals surface area contributed by atoms with Gasteiger partial charge in [-0.05, 0) is 40.6 Å². The highest BCUT2D eigenvalue weighted by Crippen LogP contribution is 2.44. The normalized spacial score (nSPS) is 15.1. The SMILES string of the molecule is CN(C)c1ccc(/C=C2\Sc3c(ccc4ccccc34)C2=O)cc1. The minimum Gasteiger partial charge on any atom is -0.378 e. The predicted octanol–water partition coefficient (Wildman–Crippen LogP) is 5.24. The van der Waals surface area contributed by atoms with Gasteiger partial charge in [-0.2, -0.15) is 0 Å². The Morgan fingerprint density at radius 1 is 0.917 bits per heavy atom. The summed E-state index contributed by atoms with van der Waals surface area (Å²) in [5, 5.41) is 2.33. The lowest BCUT2D eigenvalue weighted by molar-refractivity contribution is 0.104. The average Bonchev–Trinajstić information content (AvgIpc) is 2.92. The molecule has 0 saturated heterocycles. The summed E-state index contributed by atoms with van der Waals surface area (Å²) in [6, 6.07) is 20.4. The average molecular weight is 331 g/mol. The van der Waals surface area contributed by atoms with Crippen LogP contribution in [-0.2, 0) is 0 Å². The molecule has 4 rings (SSSR count). The summed E-state index contributed by atoms with van der Waals surface area (Å²) < 4.78 is 0. The Kier molecular flexibility index (Phi) is 3.66. The standard InChI is InChI=1S/C21H17NOS/c1-22(2)16-10-7-14(8-11-16)13-19-20(23)18-12-9-15-5-3-4-6-17(15)21(18)24-19/h3-13H,1-2H3/b19-13-. The van der Waals surface area contributed by atoms with Crippen LogP contribution in [0.15, 0.2) is 70.5 Å². The molecule has 3 aromatic rings. The third kappa shape index (κ3) is 2.51. The molecule has 0 radical (unpaired) electrons. The van der Waals surface area contributed by atoms with Gasteiger partial charge in [-0.15, -0.1) is 0 Å². The van der Waals surface area contributed by atoms with Gasteiger partial charge < -0.3 is 4.90 Å². The van der Waals surface area contributed by atoms with Crippen molar-refractivity contribution in [2.24, 2.45) is 0 Å². The number of ketones is 1. The Morgan fingerprint density at radius 3 is 2.42 bits per heavy atom. The lowest BCUT2D eigenvalue weighted by Crippen LogP contribution is -2.07. The first-order valence-electron chi connectivity index (χ1n) is 7.87. The Bertz CT molecular complexity index is 971. The fourth-order valence-corrected chi connectivity index (χ4v) is 4.12. The summed E-state index contributed by atoms with van der Waals surface area (Å²) in [7, 11) is 4.04. The summed E-state index contributed by atoms with van der Waals surface area (Å²) >= 11 is 1.58. The quantitative estimate of drug-likeness (QED) is 0.599. The molecule has 3 heteroatoms. The van der Waals surface area contributed by atoms with Crippen molar-refractivity contribution in [2.45, 2.75) is 4.90 Å². The molecule has 0 amide bonds. The second kappa shape index (κ2) is 5.84. The van der Waals surface area contributed by atoms with Crippen molar-refractivity contribution in [1.29, 1.82) is 0 Å². The molecule has 1 aliphatic rings. The second-order valence-corrected chi connectivity index (χ2v) is 7.14. The zero-order valence-corrected chi connectivity index (χ0v) is 14.4. The molecule has 24 heavy (non-hydrogen) atoms. The summed E-state index contributed by atoms with van der Waals surface area (Å²) in [5.41, 5.74) is 3.01. The number of anilines is 1. The van der Waals surface area contributed by atoms with Gasteiger partial charge in [-0.25, -0.2) is 0 Å². The fraction of sp³-hybridized carbons (Fsp3) is 0.0952. The highest BCUT2D eigenvalue weighted by atomic mass is 32.2. The van der Waals surface area contributed by atoms with E-state index in [2.05, 4.69) is 41.3 Å². The number of carbonyl (C=O) groups excluding carboxylic acids is 1. The predicted molar refractivity (Wildman–Crippen MR) is 103 cm³/mol. The molecule has 0 aliphatic carbocycles. The van der Waals surface area contributed by atoms with E-state index in [1.54, 1.807) is 11.8 Å². The van der Waals surface area contributed by atoms with Gasteiger partial charge in [0, 0.05) is 30.2 Å². The van der Waals surface area contributed by atoms with Gasteiger partial charge in [0.05, 0.1) is 4.91 Å². The maximum absolute atomic E-state index is 12.7. The third-order valence-electron chi connectivity index (χ3n) is 4.27.